The summed E-state index contributed by atoms with van der Waals surface area (Å²) in [7, 11) is 0. The molecular formula is C22H22N4O3. The van der Waals surface area contributed by atoms with Gasteiger partial charge in [-0.2, -0.15) is 0 Å². The van der Waals surface area contributed by atoms with Crippen molar-refractivity contribution in [2.75, 3.05) is 11.9 Å². The van der Waals surface area contributed by atoms with E-state index in [0.717, 1.165) is 30.6 Å². The van der Waals surface area contributed by atoms with Gasteiger partial charge in [0.05, 0.1) is 16.6 Å². The van der Waals surface area contributed by atoms with Gasteiger partial charge >= 0.3 is 0 Å². The number of likely N-dealkylation sites (tertiary alicyclic amines) is 1. The van der Waals surface area contributed by atoms with Crippen molar-refractivity contribution >= 4 is 28.6 Å². The van der Waals surface area contributed by atoms with Crippen molar-refractivity contribution in [3.8, 4) is 0 Å². The van der Waals surface area contributed by atoms with Gasteiger partial charge in [0.2, 0.25) is 5.91 Å². The number of aryl methyl sites for hydroxylation is 1. The van der Waals surface area contributed by atoms with Crippen LogP contribution in [-0.4, -0.2) is 39.4 Å². The second-order valence-corrected chi connectivity index (χ2v) is 7.83. The van der Waals surface area contributed by atoms with E-state index in [4.69, 9.17) is 4.52 Å². The fraction of sp³-hybridized carbons (Fsp3) is 0.364. The van der Waals surface area contributed by atoms with Gasteiger partial charge in [0.1, 0.15) is 6.04 Å². The fourth-order valence-corrected chi connectivity index (χ4v) is 4.05. The third kappa shape index (κ3) is 3.26. The molecule has 1 atom stereocenters. The molecule has 1 N–H and O–H groups in total. The number of para-hydroxylation sites is 1. The maximum absolute atomic E-state index is 13.5. The van der Waals surface area contributed by atoms with Crippen LogP contribution < -0.4 is 5.32 Å². The number of amides is 2. The maximum atomic E-state index is 13.5. The van der Waals surface area contributed by atoms with Crippen LogP contribution >= 0.6 is 0 Å². The molecule has 0 spiro atoms. The van der Waals surface area contributed by atoms with E-state index < -0.39 is 6.04 Å². The van der Waals surface area contributed by atoms with Gasteiger partial charge in [-0.25, -0.2) is 4.98 Å². The van der Waals surface area contributed by atoms with Gasteiger partial charge in [0.25, 0.3) is 11.6 Å². The molecule has 7 nitrogen and oxygen atoms in total. The van der Waals surface area contributed by atoms with E-state index in [1.165, 1.54) is 0 Å². The Bertz CT molecular complexity index is 1090. The lowest BCUT2D eigenvalue weighted by molar-refractivity contribution is -0.119. The molecule has 1 aromatic carbocycles. The highest BCUT2D eigenvalue weighted by atomic mass is 16.5. The Morgan fingerprint density at radius 2 is 1.97 bits per heavy atom. The molecule has 1 aliphatic carbocycles. The third-order valence-corrected chi connectivity index (χ3v) is 5.72. The van der Waals surface area contributed by atoms with Crippen LogP contribution in [-0.2, 0) is 4.79 Å². The number of carbonyl (C=O) groups is 2. The minimum Gasteiger partial charge on any atom is -0.336 e. The fourth-order valence-electron chi connectivity index (χ4n) is 4.05. The summed E-state index contributed by atoms with van der Waals surface area (Å²) in [6, 6.07) is 10.7. The van der Waals surface area contributed by atoms with E-state index >= 15 is 0 Å². The average molecular weight is 390 g/mol. The molecule has 0 bridgehead atoms. The molecular weight excluding hydrogens is 368 g/mol. The van der Waals surface area contributed by atoms with Crippen LogP contribution in [0.5, 0.6) is 0 Å². The van der Waals surface area contributed by atoms with Crippen LogP contribution in [0.25, 0.3) is 11.1 Å². The Morgan fingerprint density at radius 1 is 1.17 bits per heavy atom. The highest BCUT2D eigenvalue weighted by Crippen LogP contribution is 2.41. The lowest BCUT2D eigenvalue weighted by atomic mass is 10.1. The first-order valence-corrected chi connectivity index (χ1v) is 10.1. The number of carbonyl (C=O) groups excluding carboxylic acids is 2. The predicted octanol–water partition coefficient (Wildman–Crippen LogP) is 3.65. The standard InChI is InChI=1S/C22H22N4O3/c1-13-19-16(12-17(14-9-10-14)24-21(19)29-25-13)22(28)26-11-5-8-18(26)20(27)23-15-6-3-2-4-7-15/h2-4,6-7,12,14,18H,5,8-11H2,1H3,(H,23,27). The number of nitrogens with one attached hydrogen (secondary N) is 1. The third-order valence-electron chi connectivity index (χ3n) is 5.72. The molecule has 2 fully saturated rings. The molecule has 7 heteroatoms. The van der Waals surface area contributed by atoms with Crippen molar-refractivity contribution in [2.45, 2.75) is 44.6 Å². The highest BCUT2D eigenvalue weighted by Gasteiger charge is 2.37. The summed E-state index contributed by atoms with van der Waals surface area (Å²) in [6.07, 6.45) is 3.60. The first kappa shape index (κ1) is 17.8. The summed E-state index contributed by atoms with van der Waals surface area (Å²) in [4.78, 5) is 32.6. The number of benzene rings is 1. The maximum Gasteiger partial charge on any atom is 0.259 e. The highest BCUT2D eigenvalue weighted by molar-refractivity contribution is 6.08. The molecule has 2 aromatic heterocycles. The summed E-state index contributed by atoms with van der Waals surface area (Å²) in [5.41, 5.74) is 3.19. The largest absolute Gasteiger partial charge is 0.336 e. The Morgan fingerprint density at radius 3 is 2.72 bits per heavy atom. The molecule has 29 heavy (non-hydrogen) atoms. The molecule has 2 amide bonds. The quantitative estimate of drug-likeness (QED) is 0.735. The molecule has 2 aliphatic rings. The Balaban J connectivity index is 1.46. The van der Waals surface area contributed by atoms with E-state index in [-0.39, 0.29) is 11.8 Å². The lowest BCUT2D eigenvalue weighted by Gasteiger charge is -2.24. The number of aromatic nitrogens is 2. The van der Waals surface area contributed by atoms with E-state index in [2.05, 4.69) is 15.5 Å². The first-order chi connectivity index (χ1) is 14.1. The Labute approximate surface area is 168 Å². The van der Waals surface area contributed by atoms with Crippen molar-refractivity contribution in [3.63, 3.8) is 0 Å². The topological polar surface area (TPSA) is 88.3 Å². The molecule has 3 aromatic rings. The van der Waals surface area contributed by atoms with E-state index in [0.29, 0.717) is 41.2 Å². The number of hydrogen-bond donors (Lipinski definition) is 1. The number of pyridine rings is 1. The van der Waals surface area contributed by atoms with Crippen molar-refractivity contribution in [2.24, 2.45) is 0 Å². The van der Waals surface area contributed by atoms with Gasteiger partial charge in [-0.05, 0) is 50.8 Å². The van der Waals surface area contributed by atoms with E-state index in [1.807, 2.05) is 43.3 Å². The van der Waals surface area contributed by atoms with Gasteiger partial charge in [0, 0.05) is 23.8 Å². The normalized spacial score (nSPS) is 18.9. The second kappa shape index (κ2) is 6.99. The molecule has 1 unspecified atom stereocenters. The Hall–Kier alpha value is -3.22. The van der Waals surface area contributed by atoms with Gasteiger partial charge in [0.15, 0.2) is 0 Å². The van der Waals surface area contributed by atoms with Crippen molar-refractivity contribution in [1.82, 2.24) is 15.0 Å². The minimum atomic E-state index is -0.490. The molecule has 5 rings (SSSR count). The summed E-state index contributed by atoms with van der Waals surface area (Å²) < 4.78 is 5.36. The Kier molecular flexibility index (Phi) is 4.30. The van der Waals surface area contributed by atoms with Crippen LogP contribution in [0, 0.1) is 6.92 Å². The van der Waals surface area contributed by atoms with Crippen LogP contribution in [0.1, 0.15) is 53.3 Å². The molecule has 0 radical (unpaired) electrons. The molecule has 1 aliphatic heterocycles. The van der Waals surface area contributed by atoms with Gasteiger partial charge in [-0.1, -0.05) is 23.4 Å². The average Bonchev–Trinajstić information content (AvgIpc) is 3.35. The zero-order valence-electron chi connectivity index (χ0n) is 16.2. The minimum absolute atomic E-state index is 0.156. The molecule has 148 valence electrons. The lowest BCUT2D eigenvalue weighted by Crippen LogP contribution is -2.43. The van der Waals surface area contributed by atoms with Gasteiger partial charge < -0.3 is 14.7 Å². The molecule has 3 heterocycles. The number of anilines is 1. The van der Waals surface area contributed by atoms with Crippen LogP contribution in [0.15, 0.2) is 40.9 Å². The SMILES string of the molecule is Cc1noc2nc(C3CC3)cc(C(=O)N3CCCC3C(=O)Nc3ccccc3)c12. The molecule has 1 saturated carbocycles. The molecule has 1 saturated heterocycles. The number of nitrogens with zero attached hydrogens (tertiary/aromatic N) is 3. The second-order valence-electron chi connectivity index (χ2n) is 7.83. The number of hydrogen-bond acceptors (Lipinski definition) is 5. The zero-order valence-corrected chi connectivity index (χ0v) is 16.2. The first-order valence-electron chi connectivity index (χ1n) is 10.1. The van der Waals surface area contributed by atoms with Crippen LogP contribution in [0.4, 0.5) is 5.69 Å². The number of fused-ring (bicyclic) bond motifs is 1. The van der Waals surface area contributed by atoms with Crippen molar-refractivity contribution in [1.29, 1.82) is 0 Å². The monoisotopic (exact) mass is 390 g/mol. The summed E-state index contributed by atoms with van der Waals surface area (Å²) >= 11 is 0. The van der Waals surface area contributed by atoms with Crippen LogP contribution in [0.2, 0.25) is 0 Å². The van der Waals surface area contributed by atoms with Crippen molar-refractivity contribution < 1.29 is 14.1 Å². The van der Waals surface area contributed by atoms with E-state index in [1.54, 1.807) is 4.90 Å². The summed E-state index contributed by atoms with van der Waals surface area (Å²) in [5.74, 6) is 0.0697. The smallest absolute Gasteiger partial charge is 0.259 e. The summed E-state index contributed by atoms with van der Waals surface area (Å²) in [5, 5.41) is 7.58. The summed E-state index contributed by atoms with van der Waals surface area (Å²) in [6.45, 7) is 2.36. The van der Waals surface area contributed by atoms with Gasteiger partial charge in [-0.3, -0.25) is 9.59 Å². The van der Waals surface area contributed by atoms with Crippen LogP contribution in [0.3, 0.4) is 0 Å². The zero-order chi connectivity index (χ0) is 20.0. The predicted molar refractivity (Wildman–Crippen MR) is 108 cm³/mol. The van der Waals surface area contributed by atoms with Crippen molar-refractivity contribution in [3.05, 3.63) is 53.3 Å². The van der Waals surface area contributed by atoms with Gasteiger partial charge in [-0.15, -0.1) is 0 Å². The number of rotatable bonds is 4. The van der Waals surface area contributed by atoms with E-state index in [9.17, 15) is 9.59 Å².